The molecule has 0 fully saturated rings. The van der Waals surface area contributed by atoms with E-state index in [1.54, 1.807) is 53.2 Å². The van der Waals surface area contributed by atoms with Crippen LogP contribution in [0.1, 0.15) is 20.8 Å². The number of para-hydroxylation sites is 3. The number of rotatable bonds is 5. The standard InChI is InChI=1S/C26H21N5O3S/c1-35-26-27-15-22(31(26)19-7-3-2-4-8-19)24(33)28-18-13-11-17(12-14-18)25(34)30-16-23(32)29-20-9-5-6-10-21(20)30/h2-15H,16H2,1H3,(H,28,33)(H,29,32). The smallest absolute Gasteiger partial charge is 0.274 e. The van der Waals surface area contributed by atoms with Crippen LogP contribution in [-0.4, -0.2) is 40.1 Å². The van der Waals surface area contributed by atoms with Crippen molar-refractivity contribution in [1.29, 1.82) is 0 Å². The van der Waals surface area contributed by atoms with Crippen molar-refractivity contribution in [3.63, 3.8) is 0 Å². The van der Waals surface area contributed by atoms with E-state index in [-0.39, 0.29) is 24.3 Å². The van der Waals surface area contributed by atoms with Gasteiger partial charge in [0, 0.05) is 16.9 Å². The Morgan fingerprint density at radius 1 is 0.971 bits per heavy atom. The van der Waals surface area contributed by atoms with E-state index in [0.717, 1.165) is 5.69 Å². The summed E-state index contributed by atoms with van der Waals surface area (Å²) in [5.74, 6) is -0.861. The van der Waals surface area contributed by atoms with Crippen molar-refractivity contribution in [2.75, 3.05) is 28.3 Å². The highest BCUT2D eigenvalue weighted by molar-refractivity contribution is 7.98. The second-order valence-electron chi connectivity index (χ2n) is 7.79. The summed E-state index contributed by atoms with van der Waals surface area (Å²) in [6.07, 6.45) is 3.45. The molecule has 4 aromatic rings. The Labute approximate surface area is 206 Å². The lowest BCUT2D eigenvalue weighted by Crippen LogP contribution is -2.42. The number of nitrogens with zero attached hydrogens (tertiary/aromatic N) is 3. The number of hydrogen-bond donors (Lipinski definition) is 2. The normalized spacial score (nSPS) is 12.6. The first-order valence-electron chi connectivity index (χ1n) is 10.8. The van der Waals surface area contributed by atoms with Crippen LogP contribution in [0.15, 0.2) is 90.2 Å². The maximum absolute atomic E-state index is 13.1. The lowest BCUT2D eigenvalue weighted by atomic mass is 10.1. The van der Waals surface area contributed by atoms with E-state index in [1.807, 2.05) is 42.7 Å². The van der Waals surface area contributed by atoms with Crippen molar-refractivity contribution in [3.8, 4) is 5.69 Å². The third-order valence-corrected chi connectivity index (χ3v) is 6.22. The van der Waals surface area contributed by atoms with Crippen LogP contribution >= 0.6 is 11.8 Å². The van der Waals surface area contributed by atoms with Crippen LogP contribution in [0.25, 0.3) is 5.69 Å². The molecule has 0 aliphatic carbocycles. The van der Waals surface area contributed by atoms with Crippen molar-refractivity contribution in [1.82, 2.24) is 9.55 Å². The average molecular weight is 484 g/mol. The van der Waals surface area contributed by atoms with Crippen LogP contribution in [0.5, 0.6) is 0 Å². The Kier molecular flexibility index (Phi) is 6.07. The molecule has 1 aliphatic heterocycles. The summed E-state index contributed by atoms with van der Waals surface area (Å²) >= 11 is 1.45. The molecule has 3 aromatic carbocycles. The quantitative estimate of drug-likeness (QED) is 0.409. The summed E-state index contributed by atoms with van der Waals surface area (Å²) in [4.78, 5) is 44.1. The second-order valence-corrected chi connectivity index (χ2v) is 8.56. The van der Waals surface area contributed by atoms with E-state index in [0.29, 0.717) is 33.5 Å². The minimum atomic E-state index is -0.317. The van der Waals surface area contributed by atoms with Crippen molar-refractivity contribution in [2.45, 2.75) is 5.16 Å². The second kappa shape index (κ2) is 9.47. The molecule has 1 aromatic heterocycles. The fraction of sp³-hybridized carbons (Fsp3) is 0.0769. The molecule has 0 saturated carbocycles. The number of carbonyl (C=O) groups is 3. The maximum Gasteiger partial charge on any atom is 0.274 e. The Balaban J connectivity index is 1.36. The number of amides is 3. The largest absolute Gasteiger partial charge is 0.323 e. The van der Waals surface area contributed by atoms with Gasteiger partial charge >= 0.3 is 0 Å². The number of nitrogens with one attached hydrogen (secondary N) is 2. The molecule has 2 heterocycles. The molecular weight excluding hydrogens is 462 g/mol. The highest BCUT2D eigenvalue weighted by Crippen LogP contribution is 2.30. The molecule has 9 heteroatoms. The number of aromatic nitrogens is 2. The fourth-order valence-corrected chi connectivity index (χ4v) is 4.47. The fourth-order valence-electron chi connectivity index (χ4n) is 3.93. The van der Waals surface area contributed by atoms with Crippen LogP contribution < -0.4 is 15.5 Å². The highest BCUT2D eigenvalue weighted by Gasteiger charge is 2.27. The van der Waals surface area contributed by atoms with Crippen LogP contribution in [0.3, 0.4) is 0 Å². The van der Waals surface area contributed by atoms with Gasteiger partial charge in [0.2, 0.25) is 5.91 Å². The molecule has 35 heavy (non-hydrogen) atoms. The van der Waals surface area contributed by atoms with Gasteiger partial charge in [-0.3, -0.25) is 23.9 Å². The molecule has 2 N–H and O–H groups in total. The van der Waals surface area contributed by atoms with E-state index < -0.39 is 0 Å². The van der Waals surface area contributed by atoms with Gasteiger partial charge in [0.05, 0.1) is 17.6 Å². The topological polar surface area (TPSA) is 96.3 Å². The number of anilines is 3. The summed E-state index contributed by atoms with van der Waals surface area (Å²) in [5.41, 5.74) is 3.43. The Hall–Kier alpha value is -4.37. The van der Waals surface area contributed by atoms with Gasteiger partial charge in [-0.05, 0) is 54.8 Å². The van der Waals surface area contributed by atoms with Gasteiger partial charge in [-0.15, -0.1) is 0 Å². The number of fused-ring (bicyclic) bond motifs is 1. The van der Waals surface area contributed by atoms with Crippen molar-refractivity contribution < 1.29 is 14.4 Å². The van der Waals surface area contributed by atoms with E-state index in [2.05, 4.69) is 15.6 Å². The van der Waals surface area contributed by atoms with E-state index in [1.165, 1.54) is 16.7 Å². The Morgan fingerprint density at radius 3 is 2.43 bits per heavy atom. The molecule has 0 unspecified atom stereocenters. The van der Waals surface area contributed by atoms with Gasteiger partial charge in [0.15, 0.2) is 5.16 Å². The zero-order chi connectivity index (χ0) is 24.4. The van der Waals surface area contributed by atoms with Gasteiger partial charge in [0.1, 0.15) is 12.2 Å². The van der Waals surface area contributed by atoms with Gasteiger partial charge in [-0.25, -0.2) is 4.98 Å². The molecule has 3 amide bonds. The summed E-state index contributed by atoms with van der Waals surface area (Å²) in [7, 11) is 0. The lowest BCUT2D eigenvalue weighted by molar-refractivity contribution is -0.115. The molecule has 5 rings (SSSR count). The molecule has 0 spiro atoms. The number of hydrogen-bond acceptors (Lipinski definition) is 5. The zero-order valence-electron chi connectivity index (χ0n) is 18.8. The first-order chi connectivity index (χ1) is 17.0. The third-order valence-electron chi connectivity index (χ3n) is 5.56. The number of benzene rings is 3. The van der Waals surface area contributed by atoms with Gasteiger partial charge < -0.3 is 10.6 Å². The predicted octanol–water partition coefficient (Wildman–Crippen LogP) is 4.45. The lowest BCUT2D eigenvalue weighted by Gasteiger charge is -2.29. The zero-order valence-corrected chi connectivity index (χ0v) is 19.6. The molecule has 0 saturated heterocycles. The Bertz CT molecular complexity index is 1420. The summed E-state index contributed by atoms with van der Waals surface area (Å²) in [6, 6.07) is 23.3. The first kappa shape index (κ1) is 22.4. The molecule has 1 aliphatic rings. The summed E-state index contributed by atoms with van der Waals surface area (Å²) in [6.45, 7) is -0.0599. The van der Waals surface area contributed by atoms with Gasteiger partial charge in [-0.1, -0.05) is 42.1 Å². The first-order valence-corrected chi connectivity index (χ1v) is 12.1. The van der Waals surface area contributed by atoms with Crippen molar-refractivity contribution in [2.24, 2.45) is 0 Å². The summed E-state index contributed by atoms with van der Waals surface area (Å²) < 4.78 is 1.80. The predicted molar refractivity (Wildman–Crippen MR) is 136 cm³/mol. The average Bonchev–Trinajstić information content (AvgIpc) is 3.33. The molecule has 174 valence electrons. The number of imidazole rings is 1. The minimum Gasteiger partial charge on any atom is -0.323 e. The third kappa shape index (κ3) is 4.41. The van der Waals surface area contributed by atoms with Crippen LogP contribution in [0, 0.1) is 0 Å². The van der Waals surface area contributed by atoms with Gasteiger partial charge in [-0.2, -0.15) is 0 Å². The number of thioether (sulfide) groups is 1. The van der Waals surface area contributed by atoms with Crippen LogP contribution in [0.2, 0.25) is 0 Å². The molecular formula is C26H21N5O3S. The highest BCUT2D eigenvalue weighted by atomic mass is 32.2. The molecule has 8 nitrogen and oxygen atoms in total. The molecule has 0 radical (unpaired) electrons. The van der Waals surface area contributed by atoms with Gasteiger partial charge in [0.25, 0.3) is 11.8 Å². The van der Waals surface area contributed by atoms with Crippen LogP contribution in [0.4, 0.5) is 17.1 Å². The summed E-state index contributed by atoms with van der Waals surface area (Å²) in [5, 5.41) is 6.35. The monoisotopic (exact) mass is 483 g/mol. The number of carbonyl (C=O) groups excluding carboxylic acids is 3. The maximum atomic E-state index is 13.1. The minimum absolute atomic E-state index is 0.0599. The van der Waals surface area contributed by atoms with Crippen molar-refractivity contribution >= 4 is 46.5 Å². The molecule has 0 bridgehead atoms. The SMILES string of the molecule is CSc1ncc(C(=O)Nc2ccc(C(=O)N3CC(=O)Nc4ccccc43)cc2)n1-c1ccccc1. The van der Waals surface area contributed by atoms with E-state index in [4.69, 9.17) is 0 Å². The van der Waals surface area contributed by atoms with E-state index in [9.17, 15) is 14.4 Å². The van der Waals surface area contributed by atoms with E-state index >= 15 is 0 Å². The van der Waals surface area contributed by atoms with Crippen molar-refractivity contribution in [3.05, 3.63) is 96.3 Å². The van der Waals surface area contributed by atoms with Crippen LogP contribution in [-0.2, 0) is 4.79 Å². The molecule has 0 atom stereocenters. The Morgan fingerprint density at radius 2 is 1.69 bits per heavy atom.